The van der Waals surface area contributed by atoms with E-state index in [0.29, 0.717) is 5.56 Å². The van der Waals surface area contributed by atoms with E-state index in [1.54, 1.807) is 48.5 Å². The van der Waals surface area contributed by atoms with Crippen LogP contribution in [0.3, 0.4) is 0 Å². The van der Waals surface area contributed by atoms with Crippen LogP contribution in [0.4, 0.5) is 13.2 Å². The molecule has 0 saturated carbocycles. The lowest BCUT2D eigenvalue weighted by atomic mass is 10.1. The highest BCUT2D eigenvalue weighted by molar-refractivity contribution is 9.09. The SMILES string of the molecule is FC(F)(F)C(Br)c1ccccc1.O=C(c1ccccc1)C(Br)[N+](=O)[O-]. The largest absolute Gasteiger partial charge is 0.405 e. The van der Waals surface area contributed by atoms with E-state index in [1.165, 1.54) is 12.1 Å². The average molecular weight is 483 g/mol. The molecule has 0 aliphatic heterocycles. The van der Waals surface area contributed by atoms with Gasteiger partial charge in [0.05, 0.1) is 0 Å². The molecule has 0 amide bonds. The number of carbonyl (C=O) groups is 1. The fourth-order valence-corrected chi connectivity index (χ4v) is 2.22. The van der Waals surface area contributed by atoms with Crippen LogP contribution in [0.15, 0.2) is 60.7 Å². The molecule has 2 aromatic rings. The zero-order chi connectivity index (χ0) is 19.0. The van der Waals surface area contributed by atoms with E-state index >= 15 is 0 Å². The van der Waals surface area contributed by atoms with Crippen molar-refractivity contribution in [2.75, 3.05) is 0 Å². The third-order valence-electron chi connectivity index (χ3n) is 2.84. The van der Waals surface area contributed by atoms with Gasteiger partial charge < -0.3 is 0 Å². The lowest BCUT2D eigenvalue weighted by Gasteiger charge is -2.13. The van der Waals surface area contributed by atoms with Crippen molar-refractivity contribution in [1.29, 1.82) is 0 Å². The molecule has 0 heterocycles. The number of nitro groups is 1. The van der Waals surface area contributed by atoms with Gasteiger partial charge in [-0.1, -0.05) is 76.6 Å². The minimum absolute atomic E-state index is 0.227. The summed E-state index contributed by atoms with van der Waals surface area (Å²) in [5.74, 6) is -0.536. The van der Waals surface area contributed by atoms with Gasteiger partial charge in [0.1, 0.15) is 4.83 Å². The third-order valence-corrected chi connectivity index (χ3v) is 4.64. The molecule has 2 aromatic carbocycles. The normalized spacial score (nSPS) is 13.2. The van der Waals surface area contributed by atoms with Gasteiger partial charge in [-0.2, -0.15) is 13.2 Å². The van der Waals surface area contributed by atoms with Crippen molar-refractivity contribution in [2.24, 2.45) is 0 Å². The number of benzene rings is 2. The van der Waals surface area contributed by atoms with Crippen LogP contribution < -0.4 is 0 Å². The summed E-state index contributed by atoms with van der Waals surface area (Å²) in [5.41, 5.74) is 0.561. The Hall–Kier alpha value is -1.74. The zero-order valence-corrected chi connectivity index (χ0v) is 15.7. The number of nitrogens with zero attached hydrogens (tertiary/aromatic N) is 1. The monoisotopic (exact) mass is 481 g/mol. The Bertz CT molecular complexity index is 697. The Morgan fingerprint density at radius 2 is 1.40 bits per heavy atom. The van der Waals surface area contributed by atoms with Gasteiger partial charge in [-0.3, -0.25) is 14.9 Å². The van der Waals surface area contributed by atoms with E-state index in [-0.39, 0.29) is 5.56 Å². The second-order valence-electron chi connectivity index (χ2n) is 4.67. The van der Waals surface area contributed by atoms with Crippen LogP contribution in [0.5, 0.6) is 0 Å². The number of rotatable bonds is 4. The maximum absolute atomic E-state index is 12.1. The quantitative estimate of drug-likeness (QED) is 0.189. The minimum Gasteiger partial charge on any atom is -0.285 e. The summed E-state index contributed by atoms with van der Waals surface area (Å²) >= 11 is 5.28. The number of carbonyl (C=O) groups excluding carboxylic acids is 1. The van der Waals surface area contributed by atoms with E-state index in [4.69, 9.17) is 0 Å². The van der Waals surface area contributed by atoms with Gasteiger partial charge in [0.2, 0.25) is 5.78 Å². The maximum Gasteiger partial charge on any atom is 0.405 e. The number of halogens is 5. The van der Waals surface area contributed by atoms with Crippen LogP contribution in [-0.4, -0.2) is 21.8 Å². The number of Topliss-reactive ketones (excluding diaryl/α,β-unsaturated/α-hetero) is 1. The van der Waals surface area contributed by atoms with Gasteiger partial charge in [-0.15, -0.1) is 0 Å². The second-order valence-corrected chi connectivity index (χ2v) is 6.45. The maximum atomic E-state index is 12.1. The summed E-state index contributed by atoms with van der Waals surface area (Å²) < 4.78 is 36.3. The molecule has 25 heavy (non-hydrogen) atoms. The molecular weight excluding hydrogens is 471 g/mol. The predicted octanol–water partition coefficient (Wildman–Crippen LogP) is 5.55. The van der Waals surface area contributed by atoms with E-state index in [2.05, 4.69) is 31.9 Å². The number of ketones is 1. The standard InChI is InChI=1S/C8H6BrF3.C8H6BrNO3/c9-7(8(10,11)12)6-4-2-1-3-5-6;9-8(10(12)13)7(11)6-4-2-1-3-5-6/h1-5,7H;1-5,8H. The van der Waals surface area contributed by atoms with Crippen LogP contribution in [0.2, 0.25) is 0 Å². The van der Waals surface area contributed by atoms with Crippen molar-refractivity contribution in [3.63, 3.8) is 0 Å². The van der Waals surface area contributed by atoms with Crippen molar-refractivity contribution >= 4 is 37.6 Å². The van der Waals surface area contributed by atoms with Crippen LogP contribution >= 0.6 is 31.9 Å². The minimum atomic E-state index is -4.22. The van der Waals surface area contributed by atoms with Crippen molar-refractivity contribution < 1.29 is 22.9 Å². The zero-order valence-electron chi connectivity index (χ0n) is 12.5. The van der Waals surface area contributed by atoms with E-state index in [9.17, 15) is 28.1 Å². The summed E-state index contributed by atoms with van der Waals surface area (Å²) in [7, 11) is 0. The van der Waals surface area contributed by atoms with Crippen molar-refractivity contribution in [2.45, 2.75) is 16.0 Å². The molecule has 4 nitrogen and oxygen atoms in total. The highest BCUT2D eigenvalue weighted by Gasteiger charge is 2.38. The molecule has 0 radical (unpaired) electrons. The molecule has 0 aliphatic rings. The second kappa shape index (κ2) is 9.67. The molecule has 0 spiro atoms. The van der Waals surface area contributed by atoms with Crippen LogP contribution in [-0.2, 0) is 0 Å². The molecule has 0 fully saturated rings. The Labute approximate surface area is 158 Å². The predicted molar refractivity (Wildman–Crippen MR) is 94.6 cm³/mol. The summed E-state index contributed by atoms with van der Waals surface area (Å²) in [6.07, 6.45) is -4.22. The molecule has 0 bridgehead atoms. The molecule has 2 rings (SSSR count). The average Bonchev–Trinajstić information content (AvgIpc) is 2.61. The number of alkyl halides is 5. The molecule has 0 N–H and O–H groups in total. The Morgan fingerprint density at radius 1 is 0.960 bits per heavy atom. The van der Waals surface area contributed by atoms with Gasteiger partial charge in [0.25, 0.3) is 0 Å². The highest BCUT2D eigenvalue weighted by atomic mass is 79.9. The molecule has 0 saturated heterocycles. The molecule has 2 atom stereocenters. The molecule has 0 aliphatic carbocycles. The Balaban J connectivity index is 0.000000251. The highest BCUT2D eigenvalue weighted by Crippen LogP contribution is 2.39. The Morgan fingerprint density at radius 3 is 1.80 bits per heavy atom. The van der Waals surface area contributed by atoms with Crippen LogP contribution in [0.1, 0.15) is 20.7 Å². The topological polar surface area (TPSA) is 60.2 Å². The van der Waals surface area contributed by atoms with E-state index in [1.807, 2.05) is 0 Å². The first-order chi connectivity index (χ1) is 11.6. The van der Waals surface area contributed by atoms with Gasteiger partial charge >= 0.3 is 11.1 Å². The van der Waals surface area contributed by atoms with Crippen molar-refractivity contribution in [3.8, 4) is 0 Å². The molecule has 0 aromatic heterocycles. The fourth-order valence-electron chi connectivity index (χ4n) is 1.65. The summed E-state index contributed by atoms with van der Waals surface area (Å²) in [5, 5.41) is 10.3. The van der Waals surface area contributed by atoms with Gasteiger partial charge in [0, 0.05) is 26.4 Å². The summed E-state index contributed by atoms with van der Waals surface area (Å²) in [6.45, 7) is 0. The van der Waals surface area contributed by atoms with E-state index in [0.717, 1.165) is 0 Å². The van der Waals surface area contributed by atoms with E-state index < -0.39 is 26.7 Å². The summed E-state index contributed by atoms with van der Waals surface area (Å²) in [6, 6.07) is 15.9. The Kier molecular flexibility index (Phi) is 8.24. The van der Waals surface area contributed by atoms with Gasteiger partial charge in [-0.05, 0) is 5.56 Å². The summed E-state index contributed by atoms with van der Waals surface area (Å²) in [4.78, 5) is 18.0. The van der Waals surface area contributed by atoms with Crippen LogP contribution in [0.25, 0.3) is 0 Å². The lowest BCUT2D eigenvalue weighted by molar-refractivity contribution is -0.477. The lowest BCUT2D eigenvalue weighted by Crippen LogP contribution is -2.22. The molecular formula is C16H12Br2F3NO3. The first-order valence-corrected chi connectivity index (χ1v) is 8.60. The molecule has 2 unspecified atom stereocenters. The first-order valence-electron chi connectivity index (χ1n) is 6.77. The number of hydrogen-bond donors (Lipinski definition) is 0. The van der Waals surface area contributed by atoms with Crippen LogP contribution in [0, 0.1) is 10.1 Å². The fraction of sp³-hybridized carbons (Fsp3) is 0.188. The molecule has 9 heteroatoms. The van der Waals surface area contributed by atoms with Crippen molar-refractivity contribution in [3.05, 3.63) is 81.9 Å². The number of hydrogen-bond acceptors (Lipinski definition) is 3. The molecule has 134 valence electrons. The van der Waals surface area contributed by atoms with Crippen molar-refractivity contribution in [1.82, 2.24) is 0 Å². The first kappa shape index (κ1) is 21.3. The third kappa shape index (κ3) is 6.95. The van der Waals surface area contributed by atoms with Gasteiger partial charge in [-0.25, -0.2) is 0 Å². The smallest absolute Gasteiger partial charge is 0.285 e. The van der Waals surface area contributed by atoms with Gasteiger partial charge in [0.15, 0.2) is 0 Å².